The van der Waals surface area contributed by atoms with Crippen LogP contribution >= 0.6 is 11.8 Å². The van der Waals surface area contributed by atoms with Gasteiger partial charge in [0.15, 0.2) is 5.16 Å². The van der Waals surface area contributed by atoms with E-state index in [0.29, 0.717) is 45.0 Å². The van der Waals surface area contributed by atoms with Crippen molar-refractivity contribution in [2.45, 2.75) is 43.5 Å². The van der Waals surface area contributed by atoms with Gasteiger partial charge < -0.3 is 15.0 Å². The molecular weight excluding hydrogens is 525 g/mol. The molecule has 0 saturated carbocycles. The van der Waals surface area contributed by atoms with Crippen LogP contribution in [0.1, 0.15) is 60.4 Å². The van der Waals surface area contributed by atoms with Crippen molar-refractivity contribution in [1.82, 2.24) is 9.97 Å². The fourth-order valence-corrected chi connectivity index (χ4v) is 5.64. The number of halogens is 1. The van der Waals surface area contributed by atoms with Crippen molar-refractivity contribution in [2.75, 3.05) is 11.9 Å². The number of esters is 1. The molecule has 1 unspecified atom stereocenters. The minimum absolute atomic E-state index is 0.191. The summed E-state index contributed by atoms with van der Waals surface area (Å²) in [6, 6.07) is 23.9. The Kier molecular flexibility index (Phi) is 8.16. The predicted molar refractivity (Wildman–Crippen MR) is 157 cm³/mol. The van der Waals surface area contributed by atoms with Crippen molar-refractivity contribution >= 4 is 29.2 Å². The van der Waals surface area contributed by atoms with Gasteiger partial charge in [-0.05, 0) is 41.2 Å². The molecule has 1 aliphatic rings. The first kappa shape index (κ1) is 27.4. The summed E-state index contributed by atoms with van der Waals surface area (Å²) in [5.74, 6) is -0.558. The molecule has 0 spiro atoms. The zero-order chi connectivity index (χ0) is 28.2. The first-order valence-corrected chi connectivity index (χ1v) is 14.2. The van der Waals surface area contributed by atoms with E-state index in [0.717, 1.165) is 16.7 Å². The van der Waals surface area contributed by atoms with Crippen molar-refractivity contribution in [3.8, 4) is 0 Å². The molecule has 1 aromatic heterocycles. The first-order valence-electron chi connectivity index (χ1n) is 13.2. The zero-order valence-electron chi connectivity index (χ0n) is 22.5. The number of H-pyrrole nitrogens is 1. The number of thioether (sulfide) groups is 1. The number of aromatic nitrogens is 2. The molecule has 0 aliphatic carbocycles. The maximum atomic E-state index is 14.2. The third-order valence-electron chi connectivity index (χ3n) is 6.84. The lowest BCUT2D eigenvalue weighted by Gasteiger charge is -2.30. The molecule has 0 fully saturated rings. The lowest BCUT2D eigenvalue weighted by molar-refractivity contribution is -0.138. The Morgan fingerprint density at radius 3 is 2.40 bits per heavy atom. The maximum absolute atomic E-state index is 14.2. The predicted octanol–water partition coefficient (Wildman–Crippen LogP) is 6.86. The molecule has 0 amide bonds. The van der Waals surface area contributed by atoms with Crippen LogP contribution < -0.4 is 10.9 Å². The fourth-order valence-electron chi connectivity index (χ4n) is 4.80. The summed E-state index contributed by atoms with van der Waals surface area (Å²) in [5.41, 5.74) is 4.04. The number of carbonyl (C=O) groups excluding carboxylic acids is 1. The molecule has 1 aliphatic heterocycles. The van der Waals surface area contributed by atoms with Crippen LogP contribution in [0.4, 0.5) is 10.2 Å². The molecule has 4 aromatic rings. The van der Waals surface area contributed by atoms with E-state index in [4.69, 9.17) is 9.72 Å². The standard InChI is InChI=1S/C32H30FN3O3S/c1-4-39-31(38)26-25(21-16-14-20(15-17-21)19(2)3)27-29(34-28(26)22-10-6-5-7-11-22)35-32(36-30(27)37)40-18-23-12-8-9-13-24(23)33/h5-17,19,25H,4,18H2,1-3H3,(H2,34,35,36,37). The van der Waals surface area contributed by atoms with Gasteiger partial charge in [0.2, 0.25) is 0 Å². The molecule has 8 heteroatoms. The fraction of sp³-hybridized carbons (Fsp3) is 0.219. The maximum Gasteiger partial charge on any atom is 0.337 e. The molecule has 0 saturated heterocycles. The number of fused-ring (bicyclic) bond motifs is 1. The van der Waals surface area contributed by atoms with Gasteiger partial charge in [-0.3, -0.25) is 4.79 Å². The monoisotopic (exact) mass is 555 g/mol. The average Bonchev–Trinajstić information content (AvgIpc) is 2.96. The van der Waals surface area contributed by atoms with Gasteiger partial charge in [0.25, 0.3) is 5.56 Å². The van der Waals surface area contributed by atoms with E-state index in [1.165, 1.54) is 17.8 Å². The number of carbonyl (C=O) groups is 1. The topological polar surface area (TPSA) is 84.1 Å². The van der Waals surface area contributed by atoms with Gasteiger partial charge in [0, 0.05) is 5.75 Å². The van der Waals surface area contributed by atoms with E-state index in [-0.39, 0.29) is 18.0 Å². The molecule has 3 aromatic carbocycles. The van der Waals surface area contributed by atoms with Gasteiger partial charge in [-0.25, -0.2) is 14.2 Å². The van der Waals surface area contributed by atoms with E-state index >= 15 is 0 Å². The Labute approximate surface area is 236 Å². The largest absolute Gasteiger partial charge is 0.463 e. The summed E-state index contributed by atoms with van der Waals surface area (Å²) < 4.78 is 19.7. The highest BCUT2D eigenvalue weighted by Crippen LogP contribution is 2.43. The van der Waals surface area contributed by atoms with Crippen LogP contribution in [0.3, 0.4) is 0 Å². The summed E-state index contributed by atoms with van der Waals surface area (Å²) in [6.07, 6.45) is 0. The van der Waals surface area contributed by atoms with Crippen LogP contribution in [0.15, 0.2) is 94.4 Å². The molecule has 40 heavy (non-hydrogen) atoms. The molecule has 6 nitrogen and oxygen atoms in total. The number of rotatable bonds is 8. The second kappa shape index (κ2) is 11.9. The van der Waals surface area contributed by atoms with Crippen molar-refractivity contribution in [3.05, 3.63) is 128 Å². The molecule has 0 radical (unpaired) electrons. The third kappa shape index (κ3) is 5.58. The van der Waals surface area contributed by atoms with Crippen LogP contribution in [0.25, 0.3) is 5.70 Å². The summed E-state index contributed by atoms with van der Waals surface area (Å²) in [6.45, 7) is 6.17. The van der Waals surface area contributed by atoms with Crippen LogP contribution in [0.5, 0.6) is 0 Å². The molecule has 1 atom stereocenters. The highest BCUT2D eigenvalue weighted by Gasteiger charge is 2.38. The van der Waals surface area contributed by atoms with Crippen LogP contribution in [-0.4, -0.2) is 22.5 Å². The van der Waals surface area contributed by atoms with Crippen LogP contribution in [0.2, 0.25) is 0 Å². The SMILES string of the molecule is CCOC(=O)C1=C(c2ccccc2)Nc2nc(SCc3ccccc3F)[nH]c(=O)c2C1c1ccc(C(C)C)cc1. The van der Waals surface area contributed by atoms with E-state index in [1.807, 2.05) is 54.6 Å². The molecule has 5 rings (SSSR count). The zero-order valence-corrected chi connectivity index (χ0v) is 23.3. The molecule has 2 heterocycles. The number of anilines is 1. The van der Waals surface area contributed by atoms with Crippen molar-refractivity contribution in [2.24, 2.45) is 0 Å². The Balaban J connectivity index is 1.66. The number of hydrogen-bond donors (Lipinski definition) is 2. The normalized spacial score (nSPS) is 14.6. The lowest BCUT2D eigenvalue weighted by Crippen LogP contribution is -2.31. The molecule has 0 bridgehead atoms. The number of hydrogen-bond acceptors (Lipinski definition) is 6. The quantitative estimate of drug-likeness (QED) is 0.140. The summed E-state index contributed by atoms with van der Waals surface area (Å²) in [7, 11) is 0. The van der Waals surface area contributed by atoms with Gasteiger partial charge in [0.1, 0.15) is 11.6 Å². The second-order valence-corrected chi connectivity index (χ2v) is 10.7. The summed E-state index contributed by atoms with van der Waals surface area (Å²) in [4.78, 5) is 34.8. The van der Waals surface area contributed by atoms with E-state index < -0.39 is 11.9 Å². The Morgan fingerprint density at radius 2 is 1.73 bits per heavy atom. The van der Waals surface area contributed by atoms with E-state index in [9.17, 15) is 14.0 Å². The van der Waals surface area contributed by atoms with Gasteiger partial charge in [-0.15, -0.1) is 0 Å². The Hall–Kier alpha value is -4.17. The minimum atomic E-state index is -0.714. The second-order valence-electron chi connectivity index (χ2n) is 9.77. The molecular formula is C32H30FN3O3S. The Bertz CT molecular complexity index is 1610. The number of ether oxygens (including phenoxy) is 1. The number of aromatic amines is 1. The highest BCUT2D eigenvalue weighted by atomic mass is 32.2. The third-order valence-corrected chi connectivity index (χ3v) is 7.76. The van der Waals surface area contributed by atoms with Crippen LogP contribution in [-0.2, 0) is 15.3 Å². The first-order chi connectivity index (χ1) is 19.4. The van der Waals surface area contributed by atoms with Gasteiger partial charge >= 0.3 is 5.97 Å². The number of nitrogens with one attached hydrogen (secondary N) is 2. The lowest BCUT2D eigenvalue weighted by atomic mass is 9.80. The molecule has 2 N–H and O–H groups in total. The number of benzene rings is 3. The highest BCUT2D eigenvalue weighted by molar-refractivity contribution is 7.98. The number of nitrogens with zero attached hydrogens (tertiary/aromatic N) is 1. The van der Waals surface area contributed by atoms with Gasteiger partial charge in [-0.1, -0.05) is 98.4 Å². The van der Waals surface area contributed by atoms with Crippen molar-refractivity contribution in [3.63, 3.8) is 0 Å². The average molecular weight is 556 g/mol. The Morgan fingerprint density at radius 1 is 1.02 bits per heavy atom. The minimum Gasteiger partial charge on any atom is -0.463 e. The van der Waals surface area contributed by atoms with Crippen molar-refractivity contribution in [1.29, 1.82) is 0 Å². The summed E-state index contributed by atoms with van der Waals surface area (Å²) >= 11 is 1.23. The van der Waals surface area contributed by atoms with Crippen molar-refractivity contribution < 1.29 is 13.9 Å². The molecule has 204 valence electrons. The van der Waals surface area contributed by atoms with E-state index in [2.05, 4.69) is 24.1 Å². The summed E-state index contributed by atoms with van der Waals surface area (Å²) in [5, 5.41) is 3.63. The van der Waals surface area contributed by atoms with Gasteiger partial charge in [0.05, 0.1) is 29.4 Å². The van der Waals surface area contributed by atoms with E-state index in [1.54, 1.807) is 25.1 Å². The van der Waals surface area contributed by atoms with Crippen LogP contribution in [0, 0.1) is 5.82 Å². The van der Waals surface area contributed by atoms with Gasteiger partial charge in [-0.2, -0.15) is 0 Å². The smallest absolute Gasteiger partial charge is 0.337 e.